The van der Waals surface area contributed by atoms with E-state index in [9.17, 15) is 13.2 Å². The Morgan fingerprint density at radius 3 is 1.72 bits per heavy atom. The van der Waals surface area contributed by atoms with Crippen molar-refractivity contribution in [2.24, 2.45) is 0 Å². The highest BCUT2D eigenvalue weighted by Crippen LogP contribution is 2.14. The van der Waals surface area contributed by atoms with Gasteiger partial charge in [0, 0.05) is 24.3 Å². The second-order valence-electron chi connectivity index (χ2n) is 6.99. The molecule has 0 radical (unpaired) electrons. The largest absolute Gasteiger partial charge is 0.293 e. The van der Waals surface area contributed by atoms with Gasteiger partial charge in [-0.2, -0.15) is 0 Å². The standard InChI is InChI=1S/C23H24N2O3S/c1-29(27,28)24-22-14-12-21(13-15-22)23(26)18-25(16-19-8-4-2-5-9-19)17-20-10-6-3-7-11-20/h2-15,24H,16-18H2,1H3. The van der Waals surface area contributed by atoms with Crippen LogP contribution < -0.4 is 4.72 Å². The molecule has 0 bridgehead atoms. The van der Waals surface area contributed by atoms with Crippen LogP contribution in [0, 0.1) is 0 Å². The van der Waals surface area contributed by atoms with Gasteiger partial charge in [-0.25, -0.2) is 8.42 Å². The van der Waals surface area contributed by atoms with Crippen LogP contribution in [0.15, 0.2) is 84.9 Å². The lowest BCUT2D eigenvalue weighted by Gasteiger charge is -2.22. The highest BCUT2D eigenvalue weighted by atomic mass is 32.2. The number of rotatable bonds is 9. The highest BCUT2D eigenvalue weighted by molar-refractivity contribution is 7.92. The molecule has 0 aliphatic carbocycles. The number of anilines is 1. The average Bonchev–Trinajstić information content (AvgIpc) is 2.69. The Hall–Kier alpha value is -2.96. The summed E-state index contributed by atoms with van der Waals surface area (Å²) in [5, 5.41) is 0. The summed E-state index contributed by atoms with van der Waals surface area (Å²) in [6, 6.07) is 26.6. The van der Waals surface area contributed by atoms with E-state index >= 15 is 0 Å². The molecule has 150 valence electrons. The Balaban J connectivity index is 1.73. The number of nitrogens with one attached hydrogen (secondary N) is 1. The molecular formula is C23H24N2O3S. The molecule has 3 aromatic rings. The molecule has 0 heterocycles. The fourth-order valence-electron chi connectivity index (χ4n) is 3.08. The molecule has 0 fully saturated rings. The summed E-state index contributed by atoms with van der Waals surface area (Å²) in [6.45, 7) is 1.59. The molecule has 0 saturated heterocycles. The summed E-state index contributed by atoms with van der Waals surface area (Å²) in [5.41, 5.74) is 3.28. The van der Waals surface area contributed by atoms with Crippen molar-refractivity contribution < 1.29 is 13.2 Å². The van der Waals surface area contributed by atoms with Gasteiger partial charge in [0.1, 0.15) is 0 Å². The summed E-state index contributed by atoms with van der Waals surface area (Å²) in [5.74, 6) is -0.0113. The second kappa shape index (κ2) is 9.49. The van der Waals surface area contributed by atoms with Crippen molar-refractivity contribution in [3.63, 3.8) is 0 Å². The van der Waals surface area contributed by atoms with Gasteiger partial charge in [-0.3, -0.25) is 14.4 Å². The number of benzene rings is 3. The first kappa shape index (κ1) is 20.8. The molecule has 3 rings (SSSR count). The zero-order valence-electron chi connectivity index (χ0n) is 16.3. The van der Waals surface area contributed by atoms with Crippen LogP contribution in [0.1, 0.15) is 21.5 Å². The fraction of sp³-hybridized carbons (Fsp3) is 0.174. The first-order valence-corrected chi connectivity index (χ1v) is 11.2. The highest BCUT2D eigenvalue weighted by Gasteiger charge is 2.14. The SMILES string of the molecule is CS(=O)(=O)Nc1ccc(C(=O)CN(Cc2ccccc2)Cc2ccccc2)cc1. The van der Waals surface area contributed by atoms with E-state index in [2.05, 4.69) is 9.62 Å². The van der Waals surface area contributed by atoms with Crippen molar-refractivity contribution in [2.45, 2.75) is 13.1 Å². The number of hydrogen-bond acceptors (Lipinski definition) is 4. The van der Waals surface area contributed by atoms with Crippen LogP contribution in [-0.4, -0.2) is 31.9 Å². The van der Waals surface area contributed by atoms with Crippen molar-refractivity contribution in [1.82, 2.24) is 4.90 Å². The van der Waals surface area contributed by atoms with E-state index in [1.807, 2.05) is 60.7 Å². The number of nitrogens with zero attached hydrogens (tertiary/aromatic N) is 1. The molecule has 6 heteroatoms. The van der Waals surface area contributed by atoms with Gasteiger partial charge >= 0.3 is 0 Å². The minimum absolute atomic E-state index is 0.0113. The van der Waals surface area contributed by atoms with Gasteiger partial charge in [0.15, 0.2) is 5.78 Å². The lowest BCUT2D eigenvalue weighted by atomic mass is 10.1. The number of hydrogen-bond donors (Lipinski definition) is 1. The third kappa shape index (κ3) is 6.85. The van der Waals surface area contributed by atoms with Crippen molar-refractivity contribution >= 4 is 21.5 Å². The number of Topliss-reactive ketones (excluding diaryl/α,β-unsaturated/α-hetero) is 1. The lowest BCUT2D eigenvalue weighted by molar-refractivity contribution is 0.0920. The molecule has 0 atom stereocenters. The second-order valence-corrected chi connectivity index (χ2v) is 8.74. The maximum Gasteiger partial charge on any atom is 0.229 e. The molecule has 0 aliphatic rings. The van der Waals surface area contributed by atoms with Crippen molar-refractivity contribution in [1.29, 1.82) is 0 Å². The number of carbonyl (C=O) groups excluding carboxylic acids is 1. The Bertz CT molecular complexity index is 993. The van der Waals surface area contributed by atoms with Crippen LogP contribution in [0.4, 0.5) is 5.69 Å². The van der Waals surface area contributed by atoms with Gasteiger partial charge in [-0.05, 0) is 35.4 Å². The number of sulfonamides is 1. The van der Waals surface area contributed by atoms with Gasteiger partial charge in [0.05, 0.1) is 12.8 Å². The quantitative estimate of drug-likeness (QED) is 0.545. The molecule has 0 aromatic heterocycles. The van der Waals surface area contributed by atoms with Crippen LogP contribution >= 0.6 is 0 Å². The lowest BCUT2D eigenvalue weighted by Crippen LogP contribution is -2.29. The number of ketones is 1. The van der Waals surface area contributed by atoms with E-state index in [0.717, 1.165) is 17.4 Å². The topological polar surface area (TPSA) is 66.5 Å². The van der Waals surface area contributed by atoms with E-state index in [-0.39, 0.29) is 12.3 Å². The summed E-state index contributed by atoms with van der Waals surface area (Å²) in [4.78, 5) is 15.0. The minimum Gasteiger partial charge on any atom is -0.293 e. The minimum atomic E-state index is -3.34. The molecule has 5 nitrogen and oxygen atoms in total. The Kier molecular flexibility index (Phi) is 6.80. The Labute approximate surface area is 172 Å². The average molecular weight is 409 g/mol. The Morgan fingerprint density at radius 1 is 0.793 bits per heavy atom. The van der Waals surface area contributed by atoms with E-state index in [1.165, 1.54) is 0 Å². The van der Waals surface area contributed by atoms with Crippen LogP contribution in [0.5, 0.6) is 0 Å². The molecule has 0 unspecified atom stereocenters. The van der Waals surface area contributed by atoms with E-state index in [4.69, 9.17) is 0 Å². The molecule has 0 aliphatic heterocycles. The first-order valence-electron chi connectivity index (χ1n) is 9.30. The predicted molar refractivity (Wildman–Crippen MR) is 116 cm³/mol. The molecule has 1 N–H and O–H groups in total. The third-order valence-electron chi connectivity index (χ3n) is 4.38. The van der Waals surface area contributed by atoms with Gasteiger partial charge in [-0.1, -0.05) is 60.7 Å². The van der Waals surface area contributed by atoms with Gasteiger partial charge in [0.25, 0.3) is 0 Å². The number of carbonyl (C=O) groups is 1. The summed E-state index contributed by atoms with van der Waals surface area (Å²) in [6.07, 6.45) is 1.09. The van der Waals surface area contributed by atoms with Crippen molar-refractivity contribution in [3.05, 3.63) is 102 Å². The molecular weight excluding hydrogens is 384 g/mol. The van der Waals surface area contributed by atoms with Gasteiger partial charge in [-0.15, -0.1) is 0 Å². The summed E-state index contributed by atoms with van der Waals surface area (Å²) >= 11 is 0. The van der Waals surface area contributed by atoms with Crippen LogP contribution in [-0.2, 0) is 23.1 Å². The van der Waals surface area contributed by atoms with Crippen molar-refractivity contribution in [2.75, 3.05) is 17.5 Å². The maximum atomic E-state index is 12.9. The van der Waals surface area contributed by atoms with Gasteiger partial charge in [0.2, 0.25) is 10.0 Å². The molecule has 3 aromatic carbocycles. The zero-order valence-corrected chi connectivity index (χ0v) is 17.1. The maximum absolute atomic E-state index is 12.9. The van der Waals surface area contributed by atoms with E-state index < -0.39 is 10.0 Å². The normalized spacial score (nSPS) is 11.4. The molecule has 0 amide bonds. The smallest absolute Gasteiger partial charge is 0.229 e. The molecule has 0 saturated carbocycles. The van der Waals surface area contributed by atoms with Crippen LogP contribution in [0.3, 0.4) is 0 Å². The molecule has 29 heavy (non-hydrogen) atoms. The first-order chi connectivity index (χ1) is 13.9. The van der Waals surface area contributed by atoms with Crippen molar-refractivity contribution in [3.8, 4) is 0 Å². The summed E-state index contributed by atoms with van der Waals surface area (Å²) in [7, 11) is -3.34. The third-order valence-corrected chi connectivity index (χ3v) is 4.98. The fourth-order valence-corrected chi connectivity index (χ4v) is 3.65. The Morgan fingerprint density at radius 2 is 1.28 bits per heavy atom. The zero-order chi connectivity index (χ0) is 20.7. The summed E-state index contributed by atoms with van der Waals surface area (Å²) < 4.78 is 25.1. The van der Waals surface area contributed by atoms with E-state index in [1.54, 1.807) is 24.3 Å². The monoisotopic (exact) mass is 408 g/mol. The van der Waals surface area contributed by atoms with E-state index in [0.29, 0.717) is 24.3 Å². The van der Waals surface area contributed by atoms with Gasteiger partial charge < -0.3 is 0 Å². The predicted octanol–water partition coefficient (Wildman–Crippen LogP) is 3.94. The molecule has 0 spiro atoms. The van der Waals surface area contributed by atoms with Crippen LogP contribution in [0.25, 0.3) is 0 Å². The van der Waals surface area contributed by atoms with Crippen LogP contribution in [0.2, 0.25) is 0 Å².